The van der Waals surface area contributed by atoms with E-state index in [9.17, 15) is 4.79 Å². The minimum Gasteiger partial charge on any atom is -0.353 e. The highest BCUT2D eigenvalue weighted by Gasteiger charge is 2.22. The highest BCUT2D eigenvalue weighted by Crippen LogP contribution is 2.19. The van der Waals surface area contributed by atoms with E-state index in [-0.39, 0.29) is 6.03 Å². The van der Waals surface area contributed by atoms with Crippen LogP contribution in [0.1, 0.15) is 16.0 Å². The summed E-state index contributed by atoms with van der Waals surface area (Å²) in [7, 11) is 0. The maximum absolute atomic E-state index is 12.3. The van der Waals surface area contributed by atoms with Crippen LogP contribution in [0.2, 0.25) is 0 Å². The Hall–Kier alpha value is -2.66. The lowest BCUT2D eigenvalue weighted by Gasteiger charge is -2.35. The van der Waals surface area contributed by atoms with Crippen molar-refractivity contribution in [2.45, 2.75) is 13.8 Å². The van der Waals surface area contributed by atoms with Gasteiger partial charge in [0.25, 0.3) is 0 Å². The monoisotopic (exact) mass is 342 g/mol. The van der Waals surface area contributed by atoms with E-state index in [1.165, 1.54) is 11.3 Å². The predicted molar refractivity (Wildman–Crippen MR) is 93.3 cm³/mol. The largest absolute Gasteiger partial charge is 0.353 e. The fourth-order valence-electron chi connectivity index (χ4n) is 2.55. The first-order valence-electron chi connectivity index (χ1n) is 7.67. The average molecular weight is 342 g/mol. The lowest BCUT2D eigenvalue weighted by Crippen LogP contribution is -2.50. The van der Waals surface area contributed by atoms with Gasteiger partial charge in [0.05, 0.1) is 5.56 Å². The van der Waals surface area contributed by atoms with Gasteiger partial charge in [-0.3, -0.25) is 5.32 Å². The van der Waals surface area contributed by atoms with Gasteiger partial charge in [0.15, 0.2) is 5.13 Å². The number of hydrogen-bond donors (Lipinski definition) is 1. The molecule has 3 heterocycles. The van der Waals surface area contributed by atoms with Crippen LogP contribution in [-0.2, 0) is 0 Å². The smallest absolute Gasteiger partial charge is 0.323 e. The van der Waals surface area contributed by atoms with E-state index < -0.39 is 0 Å². The van der Waals surface area contributed by atoms with E-state index in [4.69, 9.17) is 5.26 Å². The quantitative estimate of drug-likeness (QED) is 0.906. The Balaban J connectivity index is 1.58. The first-order valence-corrected chi connectivity index (χ1v) is 8.48. The second-order valence-electron chi connectivity index (χ2n) is 5.65. The van der Waals surface area contributed by atoms with Gasteiger partial charge in [-0.1, -0.05) is 0 Å². The van der Waals surface area contributed by atoms with Crippen LogP contribution >= 0.6 is 11.3 Å². The van der Waals surface area contributed by atoms with E-state index in [0.29, 0.717) is 36.9 Å². The number of anilines is 2. The Morgan fingerprint density at radius 2 is 2.00 bits per heavy atom. The Morgan fingerprint density at radius 1 is 1.25 bits per heavy atom. The van der Waals surface area contributed by atoms with Crippen molar-refractivity contribution in [2.75, 3.05) is 36.4 Å². The number of carbonyl (C=O) groups is 1. The number of urea groups is 1. The molecule has 0 atom stereocenters. The maximum atomic E-state index is 12.3. The lowest BCUT2D eigenvalue weighted by atomic mass is 10.1. The molecule has 1 aliphatic heterocycles. The summed E-state index contributed by atoms with van der Waals surface area (Å²) in [4.78, 5) is 25.8. The first kappa shape index (κ1) is 16.2. The van der Waals surface area contributed by atoms with Gasteiger partial charge >= 0.3 is 6.03 Å². The third kappa shape index (κ3) is 3.46. The summed E-state index contributed by atoms with van der Waals surface area (Å²) in [6.45, 7) is 6.53. The van der Waals surface area contributed by atoms with Crippen LogP contribution in [-0.4, -0.2) is 47.1 Å². The van der Waals surface area contributed by atoms with Gasteiger partial charge in [0, 0.05) is 43.4 Å². The van der Waals surface area contributed by atoms with Gasteiger partial charge < -0.3 is 9.80 Å². The number of aromatic nitrogens is 2. The van der Waals surface area contributed by atoms with E-state index in [1.807, 2.05) is 19.9 Å². The predicted octanol–water partition coefficient (Wildman–Crippen LogP) is 2.38. The Bertz CT molecular complexity index is 788. The normalized spacial score (nSPS) is 14.4. The van der Waals surface area contributed by atoms with Crippen LogP contribution in [0.3, 0.4) is 0 Å². The van der Waals surface area contributed by atoms with Crippen molar-refractivity contribution in [1.29, 1.82) is 5.26 Å². The van der Waals surface area contributed by atoms with E-state index in [2.05, 4.69) is 26.3 Å². The lowest BCUT2D eigenvalue weighted by molar-refractivity contribution is 0.208. The Labute approximate surface area is 144 Å². The second kappa shape index (κ2) is 6.84. The molecule has 0 aromatic carbocycles. The summed E-state index contributed by atoms with van der Waals surface area (Å²) in [5, 5.41) is 12.4. The summed E-state index contributed by atoms with van der Waals surface area (Å²) in [5.41, 5.74) is 1.51. The Morgan fingerprint density at radius 3 is 2.58 bits per heavy atom. The molecule has 7 nitrogen and oxygen atoms in total. The van der Waals surface area contributed by atoms with E-state index in [1.54, 1.807) is 17.3 Å². The van der Waals surface area contributed by atoms with Crippen LogP contribution in [0.4, 0.5) is 15.7 Å². The third-order valence-corrected chi connectivity index (χ3v) is 4.77. The summed E-state index contributed by atoms with van der Waals surface area (Å²) in [6.07, 6.45) is 3.35. The zero-order valence-electron chi connectivity index (χ0n) is 13.6. The molecule has 1 aliphatic rings. The molecule has 0 spiro atoms. The van der Waals surface area contributed by atoms with E-state index in [0.717, 1.165) is 16.3 Å². The minimum absolute atomic E-state index is 0.118. The number of nitriles is 1. The van der Waals surface area contributed by atoms with Crippen molar-refractivity contribution in [3.63, 3.8) is 0 Å². The molecule has 2 aromatic heterocycles. The zero-order valence-corrected chi connectivity index (χ0v) is 14.4. The number of piperazine rings is 1. The molecule has 1 N–H and O–H groups in total. The molecular formula is C16H18N6OS. The minimum atomic E-state index is -0.118. The number of nitrogens with zero attached hydrogens (tertiary/aromatic N) is 5. The molecule has 0 radical (unpaired) electrons. The number of pyridine rings is 1. The molecule has 0 unspecified atom stereocenters. The number of amides is 2. The van der Waals surface area contributed by atoms with Crippen molar-refractivity contribution < 1.29 is 4.79 Å². The molecular weight excluding hydrogens is 324 g/mol. The number of nitrogens with one attached hydrogen (secondary N) is 1. The van der Waals surface area contributed by atoms with Crippen LogP contribution < -0.4 is 10.2 Å². The van der Waals surface area contributed by atoms with Crippen LogP contribution in [0, 0.1) is 25.2 Å². The first-order chi connectivity index (χ1) is 11.6. The summed E-state index contributed by atoms with van der Waals surface area (Å²) in [6, 6.07) is 3.93. The zero-order chi connectivity index (χ0) is 17.1. The van der Waals surface area contributed by atoms with Gasteiger partial charge in [-0.05, 0) is 25.5 Å². The fraction of sp³-hybridized carbons (Fsp3) is 0.375. The van der Waals surface area contributed by atoms with Crippen molar-refractivity contribution in [3.05, 3.63) is 34.5 Å². The van der Waals surface area contributed by atoms with Crippen LogP contribution in [0.25, 0.3) is 0 Å². The van der Waals surface area contributed by atoms with Gasteiger partial charge in [-0.15, -0.1) is 11.3 Å². The second-order valence-corrected chi connectivity index (χ2v) is 6.88. The fourth-order valence-corrected chi connectivity index (χ4v) is 3.21. The highest BCUT2D eigenvalue weighted by molar-refractivity contribution is 7.15. The molecule has 0 aliphatic carbocycles. The van der Waals surface area contributed by atoms with Crippen molar-refractivity contribution in [3.8, 4) is 6.07 Å². The van der Waals surface area contributed by atoms with Crippen molar-refractivity contribution in [1.82, 2.24) is 14.9 Å². The number of carbonyl (C=O) groups excluding carboxylic acids is 1. The topological polar surface area (TPSA) is 85.2 Å². The molecule has 0 saturated carbocycles. The number of rotatable bonds is 2. The van der Waals surface area contributed by atoms with E-state index >= 15 is 0 Å². The van der Waals surface area contributed by atoms with Crippen LogP contribution in [0.15, 0.2) is 18.5 Å². The number of hydrogen-bond acceptors (Lipinski definition) is 6. The van der Waals surface area contributed by atoms with Crippen molar-refractivity contribution in [2.24, 2.45) is 0 Å². The molecule has 3 rings (SSSR count). The summed E-state index contributed by atoms with van der Waals surface area (Å²) < 4.78 is 0. The molecule has 2 amide bonds. The molecule has 1 fully saturated rings. The highest BCUT2D eigenvalue weighted by atomic mass is 32.1. The molecule has 124 valence electrons. The molecule has 2 aromatic rings. The number of thiazole rings is 1. The van der Waals surface area contributed by atoms with Crippen molar-refractivity contribution >= 4 is 28.3 Å². The molecule has 8 heteroatoms. The van der Waals surface area contributed by atoms with Gasteiger partial charge in [-0.2, -0.15) is 5.26 Å². The summed E-state index contributed by atoms with van der Waals surface area (Å²) in [5.74, 6) is 0.849. The van der Waals surface area contributed by atoms with Crippen LogP contribution in [0.5, 0.6) is 0 Å². The van der Waals surface area contributed by atoms with Gasteiger partial charge in [-0.25, -0.2) is 14.8 Å². The number of aryl methyl sites for hydroxylation is 2. The SMILES string of the molecule is Cc1cnc(NC(=O)N2CCN(c3cc(C)c(C#N)cn3)CC2)s1. The third-order valence-electron chi connectivity index (χ3n) is 3.94. The molecule has 1 saturated heterocycles. The van der Waals surface area contributed by atoms with Gasteiger partial charge in [0.1, 0.15) is 11.9 Å². The van der Waals surface area contributed by atoms with Gasteiger partial charge in [0.2, 0.25) is 0 Å². The maximum Gasteiger partial charge on any atom is 0.323 e. The average Bonchev–Trinajstić information content (AvgIpc) is 2.99. The standard InChI is InChI=1S/C16H18N6OS/c1-11-7-14(18-10-13(11)8-17)21-3-5-22(6-4-21)16(23)20-15-19-9-12(2)24-15/h7,9-10H,3-6H2,1-2H3,(H,19,20,23). The summed E-state index contributed by atoms with van der Waals surface area (Å²) >= 11 is 1.47. The Kier molecular flexibility index (Phi) is 4.62. The molecule has 24 heavy (non-hydrogen) atoms. The molecule has 0 bridgehead atoms.